The Morgan fingerprint density at radius 3 is 2.80 bits per heavy atom. The standard InChI is InChI=1S/C17H23N5O3/c1-10-15(11(2)25-19-10)17(23)22-6-13(9-24-8-12-4-5-12)16-14(7-22)18-20-21(16)3/h12-13H,4-9H2,1-3H3. The van der Waals surface area contributed by atoms with Crippen molar-refractivity contribution in [2.45, 2.75) is 39.2 Å². The van der Waals surface area contributed by atoms with Crippen molar-refractivity contribution in [3.8, 4) is 0 Å². The highest BCUT2D eigenvalue weighted by molar-refractivity contribution is 5.96. The molecule has 25 heavy (non-hydrogen) atoms. The topological polar surface area (TPSA) is 86.3 Å². The molecule has 1 unspecified atom stereocenters. The molecule has 0 bridgehead atoms. The van der Waals surface area contributed by atoms with E-state index in [9.17, 15) is 4.79 Å². The van der Waals surface area contributed by atoms with Crippen LogP contribution >= 0.6 is 0 Å². The summed E-state index contributed by atoms with van der Waals surface area (Å²) in [6.45, 7) is 5.97. The van der Waals surface area contributed by atoms with Gasteiger partial charge < -0.3 is 14.2 Å². The molecule has 2 aliphatic rings. The third-order valence-corrected chi connectivity index (χ3v) is 5.02. The summed E-state index contributed by atoms with van der Waals surface area (Å²) >= 11 is 0. The molecule has 1 amide bonds. The molecule has 0 radical (unpaired) electrons. The second-order valence-electron chi connectivity index (χ2n) is 7.11. The molecule has 0 aromatic carbocycles. The van der Waals surface area contributed by atoms with E-state index < -0.39 is 0 Å². The first kappa shape index (κ1) is 16.3. The van der Waals surface area contributed by atoms with Gasteiger partial charge in [-0.25, -0.2) is 0 Å². The lowest BCUT2D eigenvalue weighted by molar-refractivity contribution is 0.0616. The molecule has 1 aliphatic carbocycles. The highest BCUT2D eigenvalue weighted by Crippen LogP contribution is 2.31. The third-order valence-electron chi connectivity index (χ3n) is 5.02. The third kappa shape index (κ3) is 3.06. The van der Waals surface area contributed by atoms with E-state index in [4.69, 9.17) is 9.26 Å². The number of ether oxygens (including phenoxy) is 1. The van der Waals surface area contributed by atoms with Gasteiger partial charge in [0.2, 0.25) is 0 Å². The van der Waals surface area contributed by atoms with Gasteiger partial charge in [-0.2, -0.15) is 0 Å². The molecule has 1 saturated carbocycles. The number of carbonyl (C=O) groups is 1. The van der Waals surface area contributed by atoms with Crippen LogP contribution in [-0.2, 0) is 18.3 Å². The van der Waals surface area contributed by atoms with Crippen molar-refractivity contribution in [1.82, 2.24) is 25.1 Å². The highest BCUT2D eigenvalue weighted by atomic mass is 16.5. The zero-order valence-electron chi connectivity index (χ0n) is 14.9. The first-order chi connectivity index (χ1) is 12.0. The van der Waals surface area contributed by atoms with E-state index in [1.807, 2.05) is 7.05 Å². The Bertz CT molecular complexity index is 773. The maximum atomic E-state index is 13.0. The van der Waals surface area contributed by atoms with Crippen LogP contribution in [0.4, 0.5) is 0 Å². The molecule has 1 aliphatic heterocycles. The van der Waals surface area contributed by atoms with Gasteiger partial charge >= 0.3 is 0 Å². The van der Waals surface area contributed by atoms with Crippen molar-refractivity contribution in [2.75, 3.05) is 19.8 Å². The van der Waals surface area contributed by atoms with Crippen LogP contribution in [0.3, 0.4) is 0 Å². The predicted octanol–water partition coefficient (Wildman–Crippen LogP) is 1.59. The number of aromatic nitrogens is 4. The summed E-state index contributed by atoms with van der Waals surface area (Å²) in [6, 6.07) is 0. The fraction of sp³-hybridized carbons (Fsp3) is 0.647. The van der Waals surface area contributed by atoms with Crippen molar-refractivity contribution in [3.63, 3.8) is 0 Å². The molecule has 134 valence electrons. The smallest absolute Gasteiger partial charge is 0.259 e. The summed E-state index contributed by atoms with van der Waals surface area (Å²) in [5, 5.41) is 12.3. The fourth-order valence-corrected chi connectivity index (χ4v) is 3.51. The molecular formula is C17H23N5O3. The van der Waals surface area contributed by atoms with Gasteiger partial charge in [0.15, 0.2) is 0 Å². The number of rotatable bonds is 5. The zero-order chi connectivity index (χ0) is 17.6. The lowest BCUT2D eigenvalue weighted by Crippen LogP contribution is -2.40. The molecule has 2 aromatic rings. The normalized spacial score (nSPS) is 20.0. The van der Waals surface area contributed by atoms with Crippen LogP contribution in [0.1, 0.15) is 52.0 Å². The zero-order valence-corrected chi connectivity index (χ0v) is 14.9. The van der Waals surface area contributed by atoms with Gasteiger partial charge in [0, 0.05) is 26.1 Å². The number of aryl methyl sites for hydroxylation is 3. The van der Waals surface area contributed by atoms with E-state index >= 15 is 0 Å². The second-order valence-corrected chi connectivity index (χ2v) is 7.11. The van der Waals surface area contributed by atoms with Gasteiger partial charge in [-0.3, -0.25) is 9.48 Å². The van der Waals surface area contributed by atoms with Crippen molar-refractivity contribution in [1.29, 1.82) is 0 Å². The van der Waals surface area contributed by atoms with E-state index in [1.165, 1.54) is 12.8 Å². The van der Waals surface area contributed by atoms with Crippen LogP contribution in [0, 0.1) is 19.8 Å². The maximum Gasteiger partial charge on any atom is 0.259 e. The van der Waals surface area contributed by atoms with Crippen LogP contribution in [-0.4, -0.2) is 50.7 Å². The number of carbonyl (C=O) groups excluding carboxylic acids is 1. The molecule has 8 nitrogen and oxygen atoms in total. The number of hydrogen-bond acceptors (Lipinski definition) is 6. The second kappa shape index (κ2) is 6.25. The van der Waals surface area contributed by atoms with Crippen molar-refractivity contribution in [2.24, 2.45) is 13.0 Å². The molecular weight excluding hydrogens is 322 g/mol. The highest BCUT2D eigenvalue weighted by Gasteiger charge is 2.35. The number of nitrogens with zero attached hydrogens (tertiary/aromatic N) is 5. The predicted molar refractivity (Wildman–Crippen MR) is 88.0 cm³/mol. The van der Waals surface area contributed by atoms with Crippen LogP contribution in [0.25, 0.3) is 0 Å². The summed E-state index contributed by atoms with van der Waals surface area (Å²) < 4.78 is 12.9. The number of amides is 1. The first-order valence-electron chi connectivity index (χ1n) is 8.73. The molecule has 2 aromatic heterocycles. The van der Waals surface area contributed by atoms with Crippen molar-refractivity contribution in [3.05, 3.63) is 28.4 Å². The molecule has 3 heterocycles. The Labute approximate surface area is 146 Å². The quantitative estimate of drug-likeness (QED) is 0.818. The van der Waals surface area contributed by atoms with Gasteiger partial charge in [-0.05, 0) is 32.6 Å². The van der Waals surface area contributed by atoms with E-state index in [-0.39, 0.29) is 11.8 Å². The summed E-state index contributed by atoms with van der Waals surface area (Å²) in [7, 11) is 1.89. The van der Waals surface area contributed by atoms with Crippen LogP contribution < -0.4 is 0 Å². The minimum absolute atomic E-state index is 0.0697. The van der Waals surface area contributed by atoms with Gasteiger partial charge in [0.25, 0.3) is 5.91 Å². The average Bonchev–Trinajstić information content (AvgIpc) is 3.25. The van der Waals surface area contributed by atoms with Gasteiger partial charge in [0.1, 0.15) is 17.0 Å². The molecule has 0 spiro atoms. The molecule has 1 atom stereocenters. The average molecular weight is 345 g/mol. The van der Waals surface area contributed by atoms with E-state index in [1.54, 1.807) is 23.4 Å². The summed E-state index contributed by atoms with van der Waals surface area (Å²) in [6.07, 6.45) is 2.53. The van der Waals surface area contributed by atoms with E-state index in [0.717, 1.165) is 18.0 Å². The van der Waals surface area contributed by atoms with Gasteiger partial charge in [-0.15, -0.1) is 5.10 Å². The first-order valence-corrected chi connectivity index (χ1v) is 8.73. The molecule has 4 rings (SSSR count). The maximum absolute atomic E-state index is 13.0. The molecule has 8 heteroatoms. The monoisotopic (exact) mass is 345 g/mol. The van der Waals surface area contributed by atoms with Crippen molar-refractivity contribution < 1.29 is 14.1 Å². The lowest BCUT2D eigenvalue weighted by atomic mass is 9.98. The Balaban J connectivity index is 1.55. The molecule has 1 fully saturated rings. The van der Waals surface area contributed by atoms with Gasteiger partial charge in [-0.1, -0.05) is 10.4 Å². The fourth-order valence-electron chi connectivity index (χ4n) is 3.51. The van der Waals surface area contributed by atoms with E-state index in [2.05, 4.69) is 15.5 Å². The summed E-state index contributed by atoms with van der Waals surface area (Å²) in [4.78, 5) is 14.8. The Hall–Kier alpha value is -2.22. The largest absolute Gasteiger partial charge is 0.380 e. The minimum atomic E-state index is -0.0697. The minimum Gasteiger partial charge on any atom is -0.380 e. The van der Waals surface area contributed by atoms with Crippen LogP contribution in [0.5, 0.6) is 0 Å². The molecule has 0 N–H and O–H groups in total. The van der Waals surface area contributed by atoms with Crippen LogP contribution in [0.2, 0.25) is 0 Å². The Kier molecular flexibility index (Phi) is 4.07. The van der Waals surface area contributed by atoms with Crippen LogP contribution in [0.15, 0.2) is 4.52 Å². The number of fused-ring (bicyclic) bond motifs is 1. The Morgan fingerprint density at radius 2 is 2.12 bits per heavy atom. The van der Waals surface area contributed by atoms with Crippen molar-refractivity contribution >= 4 is 5.91 Å². The van der Waals surface area contributed by atoms with E-state index in [0.29, 0.717) is 42.6 Å². The Morgan fingerprint density at radius 1 is 1.32 bits per heavy atom. The SMILES string of the molecule is Cc1noc(C)c1C(=O)N1Cc2nnn(C)c2C(COCC2CC2)C1. The number of hydrogen-bond donors (Lipinski definition) is 0. The summed E-state index contributed by atoms with van der Waals surface area (Å²) in [5.74, 6) is 1.27. The summed E-state index contributed by atoms with van der Waals surface area (Å²) in [5.41, 5.74) is 3.08. The lowest BCUT2D eigenvalue weighted by Gasteiger charge is -2.32. The molecule has 0 saturated heterocycles. The van der Waals surface area contributed by atoms with Gasteiger partial charge in [0.05, 0.1) is 24.5 Å².